The summed E-state index contributed by atoms with van der Waals surface area (Å²) >= 11 is 1.60. The summed E-state index contributed by atoms with van der Waals surface area (Å²) in [5.74, 6) is -0.519. The lowest BCUT2D eigenvalue weighted by Crippen LogP contribution is -2.32. The first kappa shape index (κ1) is 17.9. The van der Waals surface area contributed by atoms with Crippen LogP contribution in [0, 0.1) is 0 Å². The van der Waals surface area contributed by atoms with Crippen LogP contribution in [0.2, 0.25) is 0 Å². The van der Waals surface area contributed by atoms with Crippen LogP contribution in [0.1, 0.15) is 35.2 Å². The Morgan fingerprint density at radius 2 is 1.85 bits per heavy atom. The number of hydrogen-bond donors (Lipinski definition) is 2. The number of thioether (sulfide) groups is 1. The van der Waals surface area contributed by atoms with E-state index >= 15 is 0 Å². The van der Waals surface area contributed by atoms with Gasteiger partial charge >= 0.3 is 0 Å². The van der Waals surface area contributed by atoms with Crippen LogP contribution in [0.15, 0.2) is 47.4 Å². The average molecular weight is 382 g/mol. The molecule has 5 nitrogen and oxygen atoms in total. The largest absolute Gasteiger partial charge is 0.370 e. The maximum Gasteiger partial charge on any atom is 0.248 e. The second-order valence-corrected chi connectivity index (χ2v) is 8.30. The third kappa shape index (κ3) is 3.81. The van der Waals surface area contributed by atoms with Crippen molar-refractivity contribution in [1.29, 1.82) is 0 Å². The number of nitrogens with zero attached hydrogens (tertiary/aromatic N) is 1. The number of benzene rings is 2. The number of anilines is 2. The molecular formula is C21H23N3O2S. The number of amides is 2. The molecule has 0 radical (unpaired) electrons. The maximum absolute atomic E-state index is 12.9. The van der Waals surface area contributed by atoms with Crippen LogP contribution >= 0.6 is 11.8 Å². The zero-order chi connectivity index (χ0) is 18.8. The highest BCUT2D eigenvalue weighted by atomic mass is 32.2. The van der Waals surface area contributed by atoms with Crippen molar-refractivity contribution in [2.75, 3.05) is 23.3 Å². The Labute approximate surface area is 163 Å². The summed E-state index contributed by atoms with van der Waals surface area (Å²) in [5.41, 5.74) is 8.72. The Balaban J connectivity index is 1.57. The van der Waals surface area contributed by atoms with Crippen molar-refractivity contribution in [3.05, 3.63) is 53.6 Å². The smallest absolute Gasteiger partial charge is 0.248 e. The van der Waals surface area contributed by atoms with Gasteiger partial charge in [0.1, 0.15) is 0 Å². The zero-order valence-corrected chi connectivity index (χ0v) is 15.9. The van der Waals surface area contributed by atoms with Crippen LogP contribution in [0.25, 0.3) is 0 Å². The van der Waals surface area contributed by atoms with Crippen LogP contribution in [-0.2, 0) is 11.2 Å². The minimum Gasteiger partial charge on any atom is -0.370 e. The SMILES string of the molecule is NC(=O)c1ccc(N2CCCCC2)c(NC(=O)C2Cc3ccccc3S2)c1. The van der Waals surface area contributed by atoms with Gasteiger partial charge in [-0.3, -0.25) is 9.59 Å². The van der Waals surface area contributed by atoms with Gasteiger partial charge in [0.15, 0.2) is 0 Å². The predicted molar refractivity (Wildman–Crippen MR) is 109 cm³/mol. The highest BCUT2D eigenvalue weighted by Crippen LogP contribution is 2.38. The van der Waals surface area contributed by atoms with Crippen LogP contribution < -0.4 is 16.0 Å². The van der Waals surface area contributed by atoms with Crippen molar-refractivity contribution < 1.29 is 9.59 Å². The molecule has 2 aromatic rings. The number of carbonyl (C=O) groups is 2. The highest BCUT2D eigenvalue weighted by Gasteiger charge is 2.29. The molecule has 1 unspecified atom stereocenters. The Morgan fingerprint density at radius 3 is 2.59 bits per heavy atom. The molecule has 3 N–H and O–H groups in total. The van der Waals surface area contributed by atoms with Crippen LogP contribution in [-0.4, -0.2) is 30.2 Å². The van der Waals surface area contributed by atoms with Gasteiger partial charge in [-0.05, 0) is 55.5 Å². The lowest BCUT2D eigenvalue weighted by molar-refractivity contribution is -0.115. The zero-order valence-electron chi connectivity index (χ0n) is 15.1. The van der Waals surface area contributed by atoms with E-state index in [4.69, 9.17) is 5.73 Å². The summed E-state index contributed by atoms with van der Waals surface area (Å²) in [5, 5.41) is 2.91. The highest BCUT2D eigenvalue weighted by molar-refractivity contribution is 8.01. The number of piperidine rings is 1. The van der Waals surface area contributed by atoms with E-state index in [1.807, 2.05) is 18.2 Å². The molecule has 140 valence electrons. The maximum atomic E-state index is 12.9. The van der Waals surface area contributed by atoms with E-state index in [0.717, 1.165) is 38.0 Å². The summed E-state index contributed by atoms with van der Waals surface area (Å²) in [4.78, 5) is 28.0. The molecule has 2 aliphatic heterocycles. The molecule has 2 amide bonds. The van der Waals surface area contributed by atoms with Crippen LogP contribution in [0.5, 0.6) is 0 Å². The monoisotopic (exact) mass is 381 g/mol. The van der Waals surface area contributed by atoms with Crippen molar-refractivity contribution in [1.82, 2.24) is 0 Å². The third-order valence-corrected chi connectivity index (χ3v) is 6.49. The first-order chi connectivity index (χ1) is 13.1. The van der Waals surface area contributed by atoms with E-state index in [-0.39, 0.29) is 11.2 Å². The molecule has 0 aromatic heterocycles. The Bertz CT molecular complexity index is 852. The van der Waals surface area contributed by atoms with Gasteiger partial charge in [-0.15, -0.1) is 11.8 Å². The molecule has 27 heavy (non-hydrogen) atoms. The normalized spacial score (nSPS) is 18.8. The molecule has 1 fully saturated rings. The molecule has 1 atom stereocenters. The average Bonchev–Trinajstić information content (AvgIpc) is 3.13. The van der Waals surface area contributed by atoms with Gasteiger partial charge in [0, 0.05) is 23.5 Å². The fourth-order valence-corrected chi connectivity index (χ4v) is 4.94. The molecular weight excluding hydrogens is 358 g/mol. The van der Waals surface area contributed by atoms with Crippen LogP contribution in [0.4, 0.5) is 11.4 Å². The second kappa shape index (κ2) is 7.64. The van der Waals surface area contributed by atoms with E-state index in [1.165, 1.54) is 16.9 Å². The van der Waals surface area contributed by atoms with E-state index in [1.54, 1.807) is 23.9 Å². The molecule has 0 saturated carbocycles. The fourth-order valence-electron chi connectivity index (χ4n) is 3.74. The lowest BCUT2D eigenvalue weighted by atomic mass is 10.1. The fraction of sp³-hybridized carbons (Fsp3) is 0.333. The molecule has 2 heterocycles. The van der Waals surface area contributed by atoms with Crippen molar-refractivity contribution in [2.24, 2.45) is 5.73 Å². The van der Waals surface area contributed by atoms with Gasteiger partial charge in [0.05, 0.1) is 16.6 Å². The van der Waals surface area contributed by atoms with Crippen LogP contribution in [0.3, 0.4) is 0 Å². The molecule has 0 spiro atoms. The van der Waals surface area contributed by atoms with Gasteiger partial charge in [-0.1, -0.05) is 18.2 Å². The minimum atomic E-state index is -0.488. The molecule has 1 saturated heterocycles. The standard InChI is InChI=1S/C21H23N3O2S/c22-20(25)15-8-9-17(24-10-4-1-5-11-24)16(12-15)23-21(26)19-13-14-6-2-3-7-18(14)27-19/h2-3,6-9,12,19H,1,4-5,10-11,13H2,(H2,22,25)(H,23,26). The first-order valence-electron chi connectivity index (χ1n) is 9.36. The molecule has 2 aromatic carbocycles. The number of fused-ring (bicyclic) bond motifs is 1. The van der Waals surface area contributed by atoms with E-state index in [2.05, 4.69) is 22.3 Å². The quantitative estimate of drug-likeness (QED) is 0.851. The summed E-state index contributed by atoms with van der Waals surface area (Å²) in [7, 11) is 0. The Hall–Kier alpha value is -2.47. The number of carbonyl (C=O) groups excluding carboxylic acids is 2. The summed E-state index contributed by atoms with van der Waals surface area (Å²) in [6, 6.07) is 13.5. The third-order valence-electron chi connectivity index (χ3n) is 5.18. The minimum absolute atomic E-state index is 0.0314. The van der Waals surface area contributed by atoms with Gasteiger partial charge < -0.3 is 16.0 Å². The number of hydrogen-bond acceptors (Lipinski definition) is 4. The Kier molecular flexibility index (Phi) is 5.07. The predicted octanol–water partition coefficient (Wildman–Crippen LogP) is 3.43. The molecule has 2 aliphatic rings. The first-order valence-corrected chi connectivity index (χ1v) is 10.2. The topological polar surface area (TPSA) is 75.4 Å². The van der Waals surface area contributed by atoms with Crippen molar-refractivity contribution in [2.45, 2.75) is 35.8 Å². The van der Waals surface area contributed by atoms with E-state index in [9.17, 15) is 9.59 Å². The number of nitrogens with one attached hydrogen (secondary N) is 1. The molecule has 4 rings (SSSR count). The van der Waals surface area contributed by atoms with Gasteiger partial charge in [-0.25, -0.2) is 0 Å². The number of primary amides is 1. The summed E-state index contributed by atoms with van der Waals surface area (Å²) < 4.78 is 0. The lowest BCUT2D eigenvalue weighted by Gasteiger charge is -2.31. The number of nitrogens with two attached hydrogens (primary N) is 1. The van der Waals surface area contributed by atoms with Crippen molar-refractivity contribution >= 4 is 35.0 Å². The molecule has 6 heteroatoms. The van der Waals surface area contributed by atoms with Gasteiger partial charge in [-0.2, -0.15) is 0 Å². The summed E-state index contributed by atoms with van der Waals surface area (Å²) in [6.45, 7) is 1.92. The van der Waals surface area contributed by atoms with Gasteiger partial charge in [0.25, 0.3) is 0 Å². The summed E-state index contributed by atoms with van der Waals surface area (Å²) in [6.07, 6.45) is 4.23. The molecule has 0 aliphatic carbocycles. The van der Waals surface area contributed by atoms with E-state index in [0.29, 0.717) is 11.3 Å². The Morgan fingerprint density at radius 1 is 1.07 bits per heavy atom. The van der Waals surface area contributed by atoms with Crippen molar-refractivity contribution in [3.63, 3.8) is 0 Å². The second-order valence-electron chi connectivity index (χ2n) is 7.05. The molecule has 0 bridgehead atoms. The number of rotatable bonds is 4. The van der Waals surface area contributed by atoms with E-state index < -0.39 is 5.91 Å². The van der Waals surface area contributed by atoms with Crippen molar-refractivity contribution in [3.8, 4) is 0 Å². The van der Waals surface area contributed by atoms with Gasteiger partial charge in [0.2, 0.25) is 11.8 Å².